The fourth-order valence-corrected chi connectivity index (χ4v) is 1.88. The molecule has 0 aliphatic carbocycles. The molecule has 0 atom stereocenters. The molecule has 19 heavy (non-hydrogen) atoms. The summed E-state index contributed by atoms with van der Waals surface area (Å²) < 4.78 is 1.94. The first-order valence-corrected chi connectivity index (χ1v) is 6.37. The molecule has 0 saturated carbocycles. The number of hydrogen-bond donors (Lipinski definition) is 2. The quantitative estimate of drug-likeness (QED) is 0.851. The third kappa shape index (κ3) is 3.21. The van der Waals surface area contributed by atoms with Crippen molar-refractivity contribution in [1.82, 2.24) is 19.9 Å². The molecular weight excluding hydrogens is 242 g/mol. The molecule has 0 bridgehead atoms. The number of aryl methyl sites for hydroxylation is 1. The van der Waals surface area contributed by atoms with Gasteiger partial charge in [0.1, 0.15) is 5.52 Å². The van der Waals surface area contributed by atoms with Crippen molar-refractivity contribution < 1.29 is 4.79 Å². The van der Waals surface area contributed by atoms with Crippen molar-refractivity contribution in [2.24, 2.45) is 7.05 Å². The highest BCUT2D eigenvalue weighted by Crippen LogP contribution is 2.18. The van der Waals surface area contributed by atoms with E-state index in [0.717, 1.165) is 16.9 Å². The van der Waals surface area contributed by atoms with Crippen LogP contribution < -0.4 is 10.6 Å². The Kier molecular flexibility index (Phi) is 3.99. The monoisotopic (exact) mass is 261 g/mol. The van der Waals surface area contributed by atoms with E-state index < -0.39 is 0 Å². The number of nitrogens with one attached hydrogen (secondary N) is 2. The van der Waals surface area contributed by atoms with Gasteiger partial charge < -0.3 is 15.2 Å². The number of nitrogens with zero attached hydrogens (tertiary/aromatic N) is 3. The Bertz CT molecular complexity index is 575. The highest BCUT2D eigenvalue weighted by Gasteiger charge is 2.07. The van der Waals surface area contributed by atoms with Crippen molar-refractivity contribution in [2.75, 3.05) is 11.9 Å². The maximum atomic E-state index is 11.5. The van der Waals surface area contributed by atoms with Crippen molar-refractivity contribution in [2.45, 2.75) is 26.3 Å². The van der Waals surface area contributed by atoms with Gasteiger partial charge in [-0.25, -0.2) is 9.97 Å². The van der Waals surface area contributed by atoms with Crippen molar-refractivity contribution in [3.63, 3.8) is 0 Å². The molecule has 0 spiro atoms. The number of carbonyl (C=O) groups is 1. The van der Waals surface area contributed by atoms with E-state index in [1.807, 2.05) is 31.5 Å². The second-order valence-electron chi connectivity index (χ2n) is 4.78. The maximum absolute atomic E-state index is 11.5. The molecule has 6 heteroatoms. The van der Waals surface area contributed by atoms with Gasteiger partial charge in [0.2, 0.25) is 5.91 Å². The van der Waals surface area contributed by atoms with E-state index in [0.29, 0.717) is 13.0 Å². The second-order valence-corrected chi connectivity index (χ2v) is 4.78. The fourth-order valence-electron chi connectivity index (χ4n) is 1.88. The van der Waals surface area contributed by atoms with E-state index >= 15 is 0 Å². The van der Waals surface area contributed by atoms with Crippen LogP contribution in [-0.2, 0) is 11.8 Å². The average Bonchev–Trinajstić information content (AvgIpc) is 2.71. The van der Waals surface area contributed by atoms with E-state index in [4.69, 9.17) is 0 Å². The minimum Gasteiger partial charge on any atom is -0.368 e. The first-order chi connectivity index (χ1) is 9.08. The SMILES string of the molecule is CC(C)NC(=O)CCNc1nccc2c1ncn2C. The zero-order valence-corrected chi connectivity index (χ0v) is 11.5. The van der Waals surface area contributed by atoms with Gasteiger partial charge in [0, 0.05) is 32.3 Å². The normalized spacial score (nSPS) is 10.9. The molecule has 0 radical (unpaired) electrons. The minimum atomic E-state index is 0.0377. The summed E-state index contributed by atoms with van der Waals surface area (Å²) in [5, 5.41) is 6.01. The average molecular weight is 261 g/mol. The molecule has 0 unspecified atom stereocenters. The van der Waals surface area contributed by atoms with Crippen LogP contribution in [0.2, 0.25) is 0 Å². The van der Waals surface area contributed by atoms with E-state index in [9.17, 15) is 4.79 Å². The number of imidazole rings is 1. The molecule has 2 heterocycles. The van der Waals surface area contributed by atoms with Gasteiger partial charge in [-0.15, -0.1) is 0 Å². The number of fused-ring (bicyclic) bond motifs is 1. The van der Waals surface area contributed by atoms with Crippen molar-refractivity contribution in [3.05, 3.63) is 18.6 Å². The summed E-state index contributed by atoms with van der Waals surface area (Å²) in [4.78, 5) is 20.1. The van der Waals surface area contributed by atoms with Crippen LogP contribution in [0.3, 0.4) is 0 Å². The lowest BCUT2D eigenvalue weighted by Crippen LogP contribution is -2.31. The van der Waals surface area contributed by atoms with Crippen molar-refractivity contribution in [1.29, 1.82) is 0 Å². The van der Waals surface area contributed by atoms with Crippen LogP contribution in [0.1, 0.15) is 20.3 Å². The van der Waals surface area contributed by atoms with Gasteiger partial charge in [-0.3, -0.25) is 4.79 Å². The van der Waals surface area contributed by atoms with E-state index in [1.165, 1.54) is 0 Å². The molecule has 2 aromatic rings. The molecule has 0 fully saturated rings. The molecule has 2 rings (SSSR count). The second kappa shape index (κ2) is 5.69. The van der Waals surface area contributed by atoms with E-state index in [1.54, 1.807) is 12.5 Å². The predicted octanol–water partition coefficient (Wildman–Crippen LogP) is 1.29. The molecule has 1 amide bonds. The van der Waals surface area contributed by atoms with Gasteiger partial charge in [0.15, 0.2) is 5.82 Å². The molecule has 6 nitrogen and oxygen atoms in total. The summed E-state index contributed by atoms with van der Waals surface area (Å²) in [7, 11) is 1.94. The van der Waals surface area contributed by atoms with Crippen LogP contribution >= 0.6 is 0 Å². The third-order valence-electron chi connectivity index (χ3n) is 2.74. The molecule has 2 N–H and O–H groups in total. The van der Waals surface area contributed by atoms with Gasteiger partial charge in [-0.1, -0.05) is 0 Å². The Labute approximate surface area is 112 Å². The number of pyridine rings is 1. The van der Waals surface area contributed by atoms with Crippen LogP contribution in [0.4, 0.5) is 5.82 Å². The highest BCUT2D eigenvalue weighted by atomic mass is 16.1. The maximum Gasteiger partial charge on any atom is 0.221 e. The summed E-state index contributed by atoms with van der Waals surface area (Å²) in [6.45, 7) is 4.43. The van der Waals surface area contributed by atoms with Crippen LogP contribution in [0, 0.1) is 0 Å². The number of hydrogen-bond acceptors (Lipinski definition) is 4. The largest absolute Gasteiger partial charge is 0.368 e. The molecule has 0 aromatic carbocycles. The number of aromatic nitrogens is 3. The number of anilines is 1. The topological polar surface area (TPSA) is 71.8 Å². The molecule has 0 aliphatic rings. The first kappa shape index (κ1) is 13.3. The minimum absolute atomic E-state index is 0.0377. The molecule has 0 aliphatic heterocycles. The molecule has 102 valence electrons. The summed E-state index contributed by atoms with van der Waals surface area (Å²) >= 11 is 0. The van der Waals surface area contributed by atoms with Crippen molar-refractivity contribution >= 4 is 22.8 Å². The number of carbonyl (C=O) groups excluding carboxylic acids is 1. The Morgan fingerprint density at radius 3 is 2.95 bits per heavy atom. The Morgan fingerprint density at radius 1 is 1.42 bits per heavy atom. The Hall–Kier alpha value is -2.11. The Morgan fingerprint density at radius 2 is 2.21 bits per heavy atom. The van der Waals surface area contributed by atoms with Gasteiger partial charge in [0.05, 0.1) is 11.8 Å². The van der Waals surface area contributed by atoms with Crippen LogP contribution in [-0.4, -0.2) is 33.0 Å². The zero-order valence-electron chi connectivity index (χ0n) is 11.5. The lowest BCUT2D eigenvalue weighted by molar-refractivity contribution is -0.121. The van der Waals surface area contributed by atoms with Gasteiger partial charge >= 0.3 is 0 Å². The summed E-state index contributed by atoms with van der Waals surface area (Å²) in [6.07, 6.45) is 3.91. The highest BCUT2D eigenvalue weighted by molar-refractivity contribution is 5.86. The first-order valence-electron chi connectivity index (χ1n) is 6.37. The molecule has 2 aromatic heterocycles. The smallest absolute Gasteiger partial charge is 0.221 e. The van der Waals surface area contributed by atoms with Gasteiger partial charge in [-0.05, 0) is 19.9 Å². The van der Waals surface area contributed by atoms with Crippen LogP contribution in [0.5, 0.6) is 0 Å². The number of rotatable bonds is 5. The van der Waals surface area contributed by atoms with E-state index in [2.05, 4.69) is 20.6 Å². The molecule has 0 saturated heterocycles. The predicted molar refractivity (Wildman–Crippen MR) is 74.9 cm³/mol. The lowest BCUT2D eigenvalue weighted by atomic mass is 10.3. The van der Waals surface area contributed by atoms with Gasteiger partial charge in [-0.2, -0.15) is 0 Å². The zero-order chi connectivity index (χ0) is 13.8. The summed E-state index contributed by atoms with van der Waals surface area (Å²) in [5.41, 5.74) is 1.85. The molecular formula is C13H19N5O. The Balaban J connectivity index is 1.97. The summed E-state index contributed by atoms with van der Waals surface area (Å²) in [5.74, 6) is 0.756. The lowest BCUT2D eigenvalue weighted by Gasteiger charge is -2.09. The summed E-state index contributed by atoms with van der Waals surface area (Å²) in [6, 6.07) is 2.09. The van der Waals surface area contributed by atoms with E-state index in [-0.39, 0.29) is 11.9 Å². The van der Waals surface area contributed by atoms with Crippen LogP contribution in [0.25, 0.3) is 11.0 Å². The van der Waals surface area contributed by atoms with Crippen molar-refractivity contribution in [3.8, 4) is 0 Å². The van der Waals surface area contributed by atoms with Gasteiger partial charge in [0.25, 0.3) is 0 Å². The standard InChI is InChI=1S/C13H19N5O/c1-9(2)17-11(19)5-7-15-13-12-10(4-6-14-13)18(3)8-16-12/h4,6,8-9H,5,7H2,1-3H3,(H,14,15)(H,17,19). The third-order valence-corrected chi connectivity index (χ3v) is 2.74. The van der Waals surface area contributed by atoms with Crippen LogP contribution in [0.15, 0.2) is 18.6 Å². The number of amides is 1. The fraction of sp³-hybridized carbons (Fsp3) is 0.462.